The van der Waals surface area contributed by atoms with Gasteiger partial charge in [-0.2, -0.15) is 0 Å². The fourth-order valence-electron chi connectivity index (χ4n) is 2.89. The van der Waals surface area contributed by atoms with Crippen molar-refractivity contribution in [2.24, 2.45) is 4.99 Å². The normalized spacial score (nSPS) is 16.2. The Morgan fingerprint density at radius 2 is 1.92 bits per heavy atom. The quantitative estimate of drug-likeness (QED) is 0.253. The lowest BCUT2D eigenvalue weighted by atomic mass is 10.2. The molecule has 26 heavy (non-hydrogen) atoms. The van der Waals surface area contributed by atoms with Gasteiger partial charge in [-0.1, -0.05) is 23.7 Å². The molecule has 0 saturated carbocycles. The molecule has 2 N–H and O–H groups in total. The van der Waals surface area contributed by atoms with Crippen LogP contribution in [0, 0.1) is 0 Å². The summed E-state index contributed by atoms with van der Waals surface area (Å²) in [7, 11) is 2.20. The van der Waals surface area contributed by atoms with Crippen molar-refractivity contribution in [1.29, 1.82) is 0 Å². The highest BCUT2D eigenvalue weighted by atomic mass is 127. The van der Waals surface area contributed by atoms with E-state index in [-0.39, 0.29) is 24.0 Å². The molecule has 1 fully saturated rings. The van der Waals surface area contributed by atoms with Gasteiger partial charge in [-0.05, 0) is 51.1 Å². The first kappa shape index (κ1) is 23.5. The number of aliphatic imine (C=N–C) groups is 1. The van der Waals surface area contributed by atoms with Crippen molar-refractivity contribution in [3.63, 3.8) is 0 Å². The van der Waals surface area contributed by atoms with Crippen LogP contribution in [0.15, 0.2) is 29.3 Å². The predicted octanol–water partition coefficient (Wildman–Crippen LogP) is 3.04. The summed E-state index contributed by atoms with van der Waals surface area (Å²) in [6.07, 6.45) is 2.39. The molecule has 1 heterocycles. The lowest BCUT2D eigenvalue weighted by Crippen LogP contribution is -2.44. The van der Waals surface area contributed by atoms with Crippen LogP contribution in [0.25, 0.3) is 0 Å². The molecule has 0 spiro atoms. The van der Waals surface area contributed by atoms with Crippen LogP contribution < -0.4 is 10.6 Å². The highest BCUT2D eigenvalue weighted by molar-refractivity contribution is 14.0. The van der Waals surface area contributed by atoms with Gasteiger partial charge in [0.25, 0.3) is 0 Å². The molecule has 1 aromatic carbocycles. The van der Waals surface area contributed by atoms with Crippen LogP contribution >= 0.6 is 35.6 Å². The van der Waals surface area contributed by atoms with Gasteiger partial charge in [0.15, 0.2) is 5.96 Å². The number of nitrogens with one attached hydrogen (secondary N) is 2. The molecule has 1 aliphatic rings. The second kappa shape index (κ2) is 13.6. The highest BCUT2D eigenvalue weighted by Gasteiger charge is 2.12. The Labute approximate surface area is 180 Å². The molecule has 5 nitrogen and oxygen atoms in total. The highest BCUT2D eigenvalue weighted by Crippen LogP contribution is 2.11. The smallest absolute Gasteiger partial charge is 0.191 e. The monoisotopic (exact) mass is 493 g/mol. The molecule has 7 heteroatoms. The molecule has 1 saturated heterocycles. The maximum Gasteiger partial charge on any atom is 0.191 e. The summed E-state index contributed by atoms with van der Waals surface area (Å²) < 4.78 is 0. The largest absolute Gasteiger partial charge is 0.357 e. The third kappa shape index (κ3) is 9.39. The number of hydrogen-bond acceptors (Lipinski definition) is 3. The summed E-state index contributed by atoms with van der Waals surface area (Å²) in [4.78, 5) is 9.61. The van der Waals surface area contributed by atoms with Crippen molar-refractivity contribution in [1.82, 2.24) is 20.4 Å². The molecule has 0 unspecified atom stereocenters. The molecule has 1 aromatic rings. The molecule has 2 rings (SSSR count). The summed E-state index contributed by atoms with van der Waals surface area (Å²) in [6, 6.07) is 7.87. The van der Waals surface area contributed by atoms with Crippen molar-refractivity contribution < 1.29 is 0 Å². The van der Waals surface area contributed by atoms with E-state index in [0.29, 0.717) is 6.54 Å². The summed E-state index contributed by atoms with van der Waals surface area (Å²) in [6.45, 7) is 10.5. The van der Waals surface area contributed by atoms with Crippen LogP contribution in [-0.4, -0.2) is 68.6 Å². The van der Waals surface area contributed by atoms with Gasteiger partial charge in [0.05, 0.1) is 6.54 Å². The first-order valence-electron chi connectivity index (χ1n) is 9.35. The van der Waals surface area contributed by atoms with E-state index in [1.54, 1.807) is 0 Å². The number of likely N-dealkylation sites (N-methyl/N-ethyl adjacent to an activating group) is 1. The minimum Gasteiger partial charge on any atom is -0.357 e. The fraction of sp³-hybridized carbons (Fsp3) is 0.632. The van der Waals surface area contributed by atoms with E-state index in [0.717, 1.165) is 36.1 Å². The molecular formula is C19H33ClIN5. The van der Waals surface area contributed by atoms with Gasteiger partial charge in [0.1, 0.15) is 0 Å². The molecule has 0 atom stereocenters. The van der Waals surface area contributed by atoms with Crippen LogP contribution in [0.1, 0.15) is 25.3 Å². The molecule has 148 valence electrons. The maximum atomic E-state index is 6.03. The molecule has 0 amide bonds. The van der Waals surface area contributed by atoms with Crippen molar-refractivity contribution >= 4 is 41.5 Å². The molecule has 0 aliphatic carbocycles. The Hall–Kier alpha value is -0.570. The van der Waals surface area contributed by atoms with Gasteiger partial charge in [-0.25, -0.2) is 4.99 Å². The van der Waals surface area contributed by atoms with E-state index in [9.17, 15) is 0 Å². The summed E-state index contributed by atoms with van der Waals surface area (Å²) in [5, 5.41) is 7.49. The van der Waals surface area contributed by atoms with Gasteiger partial charge in [-0.3, -0.25) is 0 Å². The Kier molecular flexibility index (Phi) is 12.3. The molecular weight excluding hydrogens is 461 g/mol. The topological polar surface area (TPSA) is 42.9 Å². The Morgan fingerprint density at radius 3 is 2.62 bits per heavy atom. The van der Waals surface area contributed by atoms with Crippen molar-refractivity contribution in [3.8, 4) is 0 Å². The first-order chi connectivity index (χ1) is 12.2. The second-order valence-corrected chi connectivity index (χ2v) is 7.04. The Bertz CT molecular complexity index is 532. The number of benzene rings is 1. The fourth-order valence-corrected chi connectivity index (χ4v) is 3.10. The average Bonchev–Trinajstić information content (AvgIpc) is 2.61. The van der Waals surface area contributed by atoms with Gasteiger partial charge in [0.2, 0.25) is 0 Å². The van der Waals surface area contributed by atoms with E-state index >= 15 is 0 Å². The number of nitrogens with zero attached hydrogens (tertiary/aromatic N) is 3. The number of rotatable bonds is 8. The SMILES string of the molecule is CCNC(=NCc1cccc(Cl)c1)NCCCCN1CCN(C)CC1.I. The summed E-state index contributed by atoms with van der Waals surface area (Å²) >= 11 is 6.03. The third-order valence-electron chi connectivity index (χ3n) is 4.44. The van der Waals surface area contributed by atoms with E-state index in [1.807, 2.05) is 18.2 Å². The average molecular weight is 494 g/mol. The Balaban J connectivity index is 0.00000338. The lowest BCUT2D eigenvalue weighted by molar-refractivity contribution is 0.152. The van der Waals surface area contributed by atoms with Crippen LogP contribution in [0.2, 0.25) is 5.02 Å². The summed E-state index contributed by atoms with van der Waals surface area (Å²) in [5.41, 5.74) is 1.12. The van der Waals surface area contributed by atoms with Gasteiger partial charge >= 0.3 is 0 Å². The zero-order valence-electron chi connectivity index (χ0n) is 16.0. The van der Waals surface area contributed by atoms with Gasteiger partial charge in [0, 0.05) is 44.3 Å². The standard InChI is InChI=1S/C19H32ClN5.HI/c1-3-21-19(23-16-17-7-6-8-18(20)15-17)22-9-4-5-10-25-13-11-24(2)12-14-25;/h6-8,15H,3-5,9-14,16H2,1-2H3,(H2,21,22,23);1H. The van der Waals surface area contributed by atoms with Crippen molar-refractivity contribution in [2.45, 2.75) is 26.3 Å². The maximum absolute atomic E-state index is 6.03. The molecule has 1 aliphatic heterocycles. The van der Waals surface area contributed by atoms with E-state index in [4.69, 9.17) is 11.6 Å². The zero-order valence-corrected chi connectivity index (χ0v) is 19.1. The van der Waals surface area contributed by atoms with Gasteiger partial charge < -0.3 is 20.4 Å². The van der Waals surface area contributed by atoms with E-state index in [1.165, 1.54) is 39.1 Å². The molecule has 0 radical (unpaired) electrons. The zero-order chi connectivity index (χ0) is 17.9. The third-order valence-corrected chi connectivity index (χ3v) is 4.68. The number of guanidine groups is 1. The molecule has 0 bridgehead atoms. The second-order valence-electron chi connectivity index (χ2n) is 6.60. The summed E-state index contributed by atoms with van der Waals surface area (Å²) in [5.74, 6) is 0.877. The number of hydrogen-bond donors (Lipinski definition) is 2. The molecule has 0 aromatic heterocycles. The van der Waals surface area contributed by atoms with E-state index in [2.05, 4.69) is 45.5 Å². The van der Waals surface area contributed by atoms with E-state index < -0.39 is 0 Å². The Morgan fingerprint density at radius 1 is 1.15 bits per heavy atom. The van der Waals surface area contributed by atoms with Crippen molar-refractivity contribution in [2.75, 3.05) is 52.9 Å². The minimum absolute atomic E-state index is 0. The van der Waals surface area contributed by atoms with Crippen LogP contribution in [0.4, 0.5) is 0 Å². The number of piperazine rings is 1. The lowest BCUT2D eigenvalue weighted by Gasteiger charge is -2.32. The van der Waals surface area contributed by atoms with Crippen LogP contribution in [0.5, 0.6) is 0 Å². The van der Waals surface area contributed by atoms with Crippen molar-refractivity contribution in [3.05, 3.63) is 34.9 Å². The van der Waals surface area contributed by atoms with Crippen LogP contribution in [0.3, 0.4) is 0 Å². The van der Waals surface area contributed by atoms with Gasteiger partial charge in [-0.15, -0.1) is 24.0 Å². The van der Waals surface area contributed by atoms with Crippen LogP contribution in [-0.2, 0) is 6.54 Å². The number of halogens is 2. The number of unbranched alkanes of at least 4 members (excludes halogenated alkanes) is 1. The first-order valence-corrected chi connectivity index (χ1v) is 9.72. The minimum atomic E-state index is 0. The predicted molar refractivity (Wildman–Crippen MR) is 123 cm³/mol.